The van der Waals surface area contributed by atoms with E-state index in [0.29, 0.717) is 17.4 Å². The first kappa shape index (κ1) is 27.7. The summed E-state index contributed by atoms with van der Waals surface area (Å²) in [6, 6.07) is 20.4. The molecular formula is C34H33N7O3. The number of nitrogens with one attached hydrogen (secondary N) is 2. The van der Waals surface area contributed by atoms with E-state index in [9.17, 15) is 14.9 Å². The Morgan fingerprint density at radius 2 is 1.70 bits per heavy atom. The zero-order chi connectivity index (χ0) is 30.2. The van der Waals surface area contributed by atoms with E-state index >= 15 is 0 Å². The molecule has 0 radical (unpaired) electrons. The number of anilines is 2. The lowest BCUT2D eigenvalue weighted by molar-refractivity contribution is -0.383. The third kappa shape index (κ3) is 4.87. The summed E-state index contributed by atoms with van der Waals surface area (Å²) < 4.78 is 0. The van der Waals surface area contributed by atoms with E-state index in [1.54, 1.807) is 6.07 Å². The van der Waals surface area contributed by atoms with Crippen LogP contribution >= 0.6 is 0 Å². The lowest BCUT2D eigenvalue weighted by Gasteiger charge is -2.37. The number of nitrogens with zero attached hydrogens (tertiary/aromatic N) is 5. The van der Waals surface area contributed by atoms with Crippen LogP contribution in [0.2, 0.25) is 0 Å². The number of benzene rings is 3. The van der Waals surface area contributed by atoms with Gasteiger partial charge in [0.1, 0.15) is 5.39 Å². The minimum atomic E-state index is -0.343. The highest BCUT2D eigenvalue weighted by Crippen LogP contribution is 2.40. The lowest BCUT2D eigenvalue weighted by Crippen LogP contribution is -2.47. The Bertz CT molecular complexity index is 1880. The zero-order valence-corrected chi connectivity index (χ0v) is 24.4. The van der Waals surface area contributed by atoms with Gasteiger partial charge in [-0.2, -0.15) is 0 Å². The summed E-state index contributed by atoms with van der Waals surface area (Å²) in [7, 11) is 2.10. The van der Waals surface area contributed by atoms with Crippen LogP contribution in [0.15, 0.2) is 95.1 Å². The van der Waals surface area contributed by atoms with Crippen LogP contribution in [0.1, 0.15) is 23.2 Å². The normalized spacial score (nSPS) is 18.3. The summed E-state index contributed by atoms with van der Waals surface area (Å²) in [4.78, 5) is 38.7. The third-order valence-electron chi connectivity index (χ3n) is 8.64. The van der Waals surface area contributed by atoms with Crippen LogP contribution in [0.5, 0.6) is 0 Å². The quantitative estimate of drug-likeness (QED) is 0.105. The molecule has 3 heterocycles. The Hall–Kier alpha value is -5.09. The second-order valence-corrected chi connectivity index (χ2v) is 11.4. The number of hydrogen-bond donors (Lipinski definition) is 2. The highest BCUT2D eigenvalue weighted by Gasteiger charge is 2.44. The predicted octanol–water partition coefficient (Wildman–Crippen LogP) is 5.32. The monoisotopic (exact) mass is 587 g/mol. The summed E-state index contributed by atoms with van der Waals surface area (Å²) in [5.74, 6) is 0.0777. The molecule has 4 aromatic rings. The van der Waals surface area contributed by atoms with Gasteiger partial charge in [0.05, 0.1) is 45.8 Å². The van der Waals surface area contributed by atoms with Crippen LogP contribution in [0.3, 0.4) is 0 Å². The first-order chi connectivity index (χ1) is 21.5. The van der Waals surface area contributed by atoms with E-state index in [1.165, 1.54) is 6.07 Å². The van der Waals surface area contributed by atoms with Crippen molar-refractivity contribution in [1.29, 1.82) is 0 Å². The van der Waals surface area contributed by atoms with E-state index in [1.807, 2.05) is 67.0 Å². The fourth-order valence-corrected chi connectivity index (χ4v) is 6.54. The van der Waals surface area contributed by atoms with E-state index in [-0.39, 0.29) is 28.5 Å². The number of para-hydroxylation sites is 2. The Morgan fingerprint density at radius 3 is 2.55 bits per heavy atom. The van der Waals surface area contributed by atoms with Crippen LogP contribution in [0.4, 0.5) is 17.1 Å². The van der Waals surface area contributed by atoms with E-state index < -0.39 is 0 Å². The Balaban J connectivity index is 0.953. The molecule has 0 saturated carbocycles. The van der Waals surface area contributed by atoms with Gasteiger partial charge in [0.2, 0.25) is 0 Å². The van der Waals surface area contributed by atoms with Crippen molar-refractivity contribution < 1.29 is 9.72 Å². The van der Waals surface area contributed by atoms with Crippen LogP contribution in [0.25, 0.3) is 21.8 Å². The van der Waals surface area contributed by atoms with Crippen LogP contribution in [-0.4, -0.2) is 72.2 Å². The molecule has 3 aromatic carbocycles. The van der Waals surface area contributed by atoms with Crippen molar-refractivity contribution in [2.45, 2.75) is 24.9 Å². The number of ketones is 1. The molecule has 7 rings (SSSR count). The lowest BCUT2D eigenvalue weighted by atomic mass is 9.83. The van der Waals surface area contributed by atoms with Gasteiger partial charge >= 0.3 is 0 Å². The van der Waals surface area contributed by atoms with Crippen molar-refractivity contribution in [2.75, 3.05) is 43.4 Å². The number of rotatable bonds is 11. The number of pyridine rings is 1. The molecule has 2 aliphatic heterocycles. The number of hydrogen-bond acceptors (Lipinski definition) is 9. The van der Waals surface area contributed by atoms with Crippen molar-refractivity contribution >= 4 is 51.0 Å². The minimum Gasteiger partial charge on any atom is -0.385 e. The molecule has 1 aromatic heterocycles. The molecule has 2 N–H and O–H groups in total. The Kier molecular flexibility index (Phi) is 7.27. The molecule has 0 amide bonds. The van der Waals surface area contributed by atoms with Gasteiger partial charge in [-0.25, -0.2) is 4.98 Å². The third-order valence-corrected chi connectivity index (χ3v) is 8.64. The number of carbonyl (C=O) groups excluding carboxylic acids is 1. The molecule has 2 atom stereocenters. The maximum absolute atomic E-state index is 13.5. The van der Waals surface area contributed by atoms with Gasteiger partial charge in [-0.15, -0.1) is 0 Å². The van der Waals surface area contributed by atoms with Crippen molar-refractivity contribution in [3.05, 3.63) is 106 Å². The van der Waals surface area contributed by atoms with Crippen molar-refractivity contribution in [2.24, 2.45) is 4.99 Å². The summed E-state index contributed by atoms with van der Waals surface area (Å²) in [5, 5.41) is 20.3. The molecule has 2 unspecified atom stereocenters. The first-order valence-corrected chi connectivity index (χ1v) is 15.0. The summed E-state index contributed by atoms with van der Waals surface area (Å²) >= 11 is 0. The van der Waals surface area contributed by atoms with E-state index in [0.717, 1.165) is 71.6 Å². The fourth-order valence-electron chi connectivity index (χ4n) is 6.54. The number of fused-ring (bicyclic) bond motifs is 4. The maximum atomic E-state index is 13.5. The standard InChI is InChI=1S/C34H33N7O3/c1-39(20-8-18-36-32-22-9-2-4-11-24(22)38-26-12-6-14-29(30(26)32)41(43)44)19-7-17-35-25-15-16-27-33-31(25)34(42)23-10-3-5-13-28(23)40(33)21-37-27/h2-6,9-16,21,27,33,35H,7-8,17-20H2,1H3,(H,36,38). The Labute approximate surface area is 254 Å². The second kappa shape index (κ2) is 11.5. The minimum absolute atomic E-state index is 0.0399. The fraction of sp³-hybridized carbons (Fsp3) is 0.265. The molecule has 44 heavy (non-hydrogen) atoms. The SMILES string of the molecule is CN(CCCNC1=C2C(=O)c3ccccc3N3C=NC(C=C1)C23)CCCNc1c2ccccc2nc2cccc([N+](=O)[O-])c12. The van der Waals surface area contributed by atoms with Gasteiger partial charge in [-0.1, -0.05) is 42.5 Å². The molecule has 0 saturated heterocycles. The van der Waals surface area contributed by atoms with Crippen LogP contribution in [-0.2, 0) is 0 Å². The molecule has 222 valence electrons. The largest absolute Gasteiger partial charge is 0.385 e. The van der Waals surface area contributed by atoms with Crippen molar-refractivity contribution in [3.8, 4) is 0 Å². The van der Waals surface area contributed by atoms with E-state index in [2.05, 4.69) is 43.5 Å². The van der Waals surface area contributed by atoms with Gasteiger partial charge in [-0.05, 0) is 63.3 Å². The highest BCUT2D eigenvalue weighted by atomic mass is 16.6. The predicted molar refractivity (Wildman–Crippen MR) is 175 cm³/mol. The molecular weight excluding hydrogens is 554 g/mol. The molecule has 10 heteroatoms. The first-order valence-electron chi connectivity index (χ1n) is 15.0. The number of non-ortho nitro benzene ring substituents is 1. The summed E-state index contributed by atoms with van der Waals surface area (Å²) in [5.41, 5.74) is 5.55. The smallest absolute Gasteiger partial charge is 0.280 e. The molecule has 0 fully saturated rings. The number of nitro benzene ring substituents is 1. The van der Waals surface area contributed by atoms with Crippen LogP contribution < -0.4 is 15.5 Å². The van der Waals surface area contributed by atoms with E-state index in [4.69, 9.17) is 0 Å². The number of aliphatic imine (C=N–C) groups is 1. The Morgan fingerprint density at radius 1 is 0.955 bits per heavy atom. The number of aromatic nitrogens is 1. The van der Waals surface area contributed by atoms with Crippen molar-refractivity contribution in [1.82, 2.24) is 15.2 Å². The second-order valence-electron chi connectivity index (χ2n) is 11.4. The number of nitro groups is 1. The van der Waals surface area contributed by atoms with Crippen molar-refractivity contribution in [3.63, 3.8) is 0 Å². The molecule has 0 bridgehead atoms. The zero-order valence-electron chi connectivity index (χ0n) is 24.4. The highest BCUT2D eigenvalue weighted by molar-refractivity contribution is 6.19. The van der Waals surface area contributed by atoms with Gasteiger partial charge < -0.3 is 20.4 Å². The topological polar surface area (TPSA) is 116 Å². The molecule has 3 aliphatic rings. The van der Waals surface area contributed by atoms with Gasteiger partial charge in [0, 0.05) is 41.4 Å². The van der Waals surface area contributed by atoms with Gasteiger partial charge in [0.15, 0.2) is 5.78 Å². The molecule has 1 aliphatic carbocycles. The number of allylic oxidation sites excluding steroid dienone is 1. The maximum Gasteiger partial charge on any atom is 0.280 e. The number of Topliss-reactive ketones (excluding diaryl/α,β-unsaturated/α-hetero) is 1. The van der Waals surface area contributed by atoms with Crippen LogP contribution in [0, 0.1) is 10.1 Å². The average molecular weight is 588 g/mol. The number of carbonyl (C=O) groups is 1. The summed E-state index contributed by atoms with van der Waals surface area (Å²) in [6.07, 6.45) is 7.73. The molecule has 10 nitrogen and oxygen atoms in total. The van der Waals surface area contributed by atoms with Gasteiger partial charge in [-0.3, -0.25) is 19.9 Å². The average Bonchev–Trinajstić information content (AvgIpc) is 3.48. The summed E-state index contributed by atoms with van der Waals surface area (Å²) in [6.45, 7) is 3.18. The molecule has 0 spiro atoms. The van der Waals surface area contributed by atoms with Gasteiger partial charge in [0.25, 0.3) is 5.69 Å².